The van der Waals surface area contributed by atoms with Crippen molar-refractivity contribution in [1.82, 2.24) is 0 Å². The van der Waals surface area contributed by atoms with Crippen LogP contribution in [0.4, 0.5) is 0 Å². The topological polar surface area (TPSA) is 20.2 Å². The minimum Gasteiger partial charge on any atom is -0.392 e. The molecular formula is C16H32O. The third kappa shape index (κ3) is 12.0. The van der Waals surface area contributed by atoms with Crippen molar-refractivity contribution in [3.63, 3.8) is 0 Å². The summed E-state index contributed by atoms with van der Waals surface area (Å²) in [4.78, 5) is 0. The van der Waals surface area contributed by atoms with E-state index in [4.69, 9.17) is 5.11 Å². The third-order valence-electron chi connectivity index (χ3n) is 3.44. The highest BCUT2D eigenvalue weighted by atomic mass is 16.2. The summed E-state index contributed by atoms with van der Waals surface area (Å²) in [5.74, 6) is 1.72. The molecule has 0 aromatic rings. The van der Waals surface area contributed by atoms with Gasteiger partial charge in [-0.2, -0.15) is 0 Å². The van der Waals surface area contributed by atoms with Gasteiger partial charge in [-0.15, -0.1) is 0 Å². The second-order valence-electron chi connectivity index (χ2n) is 5.91. The maximum Gasteiger partial charge on any atom is 0.0614 e. The minimum atomic E-state index is 0.191. The fraction of sp³-hybridized carbons (Fsp3) is 0.875. The van der Waals surface area contributed by atoms with E-state index in [1.165, 1.54) is 44.1 Å². The van der Waals surface area contributed by atoms with Crippen molar-refractivity contribution >= 4 is 0 Å². The van der Waals surface area contributed by atoms with Crippen molar-refractivity contribution in [1.29, 1.82) is 0 Å². The molecule has 0 aliphatic carbocycles. The van der Waals surface area contributed by atoms with E-state index >= 15 is 0 Å². The lowest BCUT2D eigenvalue weighted by molar-refractivity contribution is 0.341. The van der Waals surface area contributed by atoms with Gasteiger partial charge in [0, 0.05) is 0 Å². The summed E-state index contributed by atoms with van der Waals surface area (Å²) in [7, 11) is 0. The Hall–Kier alpha value is -0.300. The Balaban J connectivity index is 3.40. The number of aliphatic hydroxyl groups is 1. The van der Waals surface area contributed by atoms with Crippen molar-refractivity contribution in [2.75, 3.05) is 6.61 Å². The molecule has 0 bridgehead atoms. The number of rotatable bonds is 10. The number of hydrogen-bond acceptors (Lipinski definition) is 1. The molecule has 0 saturated heterocycles. The fourth-order valence-corrected chi connectivity index (χ4v) is 2.18. The van der Waals surface area contributed by atoms with E-state index in [0.29, 0.717) is 0 Å². The number of unbranched alkanes of at least 4 members (excludes halogenated alkanes) is 1. The first-order chi connectivity index (χ1) is 8.06. The summed E-state index contributed by atoms with van der Waals surface area (Å²) in [6, 6.07) is 0. The normalized spacial score (nSPS) is 14.4. The van der Waals surface area contributed by atoms with Gasteiger partial charge in [0.25, 0.3) is 0 Å². The van der Waals surface area contributed by atoms with E-state index in [1.807, 2.05) is 6.08 Å². The average Bonchev–Trinajstić information content (AvgIpc) is 2.24. The standard InChI is InChI=1S/C16H32O/c1-14(2)8-5-6-9-15(3)10-7-11-16(4)12-13-17/h12,14-15,17H,5-11,13H2,1-4H3/t15-/m0/s1. The van der Waals surface area contributed by atoms with Crippen molar-refractivity contribution in [3.8, 4) is 0 Å². The quantitative estimate of drug-likeness (QED) is 0.423. The molecule has 0 saturated carbocycles. The molecule has 1 nitrogen and oxygen atoms in total. The molecule has 1 atom stereocenters. The zero-order chi connectivity index (χ0) is 13.1. The highest BCUT2D eigenvalue weighted by Crippen LogP contribution is 2.18. The first-order valence-electron chi connectivity index (χ1n) is 7.32. The van der Waals surface area contributed by atoms with Crippen LogP contribution in [-0.2, 0) is 0 Å². The van der Waals surface area contributed by atoms with Crippen LogP contribution in [0.5, 0.6) is 0 Å². The van der Waals surface area contributed by atoms with E-state index in [-0.39, 0.29) is 6.61 Å². The van der Waals surface area contributed by atoms with Gasteiger partial charge in [-0.25, -0.2) is 0 Å². The van der Waals surface area contributed by atoms with Crippen LogP contribution in [0.25, 0.3) is 0 Å². The highest BCUT2D eigenvalue weighted by Gasteiger charge is 2.03. The molecule has 102 valence electrons. The van der Waals surface area contributed by atoms with Crippen molar-refractivity contribution < 1.29 is 5.11 Å². The van der Waals surface area contributed by atoms with Crippen molar-refractivity contribution in [3.05, 3.63) is 11.6 Å². The Labute approximate surface area is 108 Å². The Morgan fingerprint density at radius 1 is 1.00 bits per heavy atom. The zero-order valence-corrected chi connectivity index (χ0v) is 12.3. The second-order valence-corrected chi connectivity index (χ2v) is 5.91. The number of aliphatic hydroxyl groups excluding tert-OH is 1. The van der Waals surface area contributed by atoms with Crippen molar-refractivity contribution in [2.24, 2.45) is 11.8 Å². The molecule has 0 unspecified atom stereocenters. The van der Waals surface area contributed by atoms with Gasteiger partial charge in [0.1, 0.15) is 0 Å². The predicted octanol–water partition coefficient (Wildman–Crippen LogP) is 4.95. The molecule has 1 heteroatoms. The van der Waals surface area contributed by atoms with E-state index in [2.05, 4.69) is 27.7 Å². The van der Waals surface area contributed by atoms with Crippen LogP contribution in [0, 0.1) is 11.8 Å². The zero-order valence-electron chi connectivity index (χ0n) is 12.3. The van der Waals surface area contributed by atoms with Crippen LogP contribution in [0.2, 0.25) is 0 Å². The molecule has 17 heavy (non-hydrogen) atoms. The largest absolute Gasteiger partial charge is 0.392 e. The van der Waals surface area contributed by atoms with E-state index in [1.54, 1.807) is 0 Å². The van der Waals surface area contributed by atoms with Crippen LogP contribution in [0.15, 0.2) is 11.6 Å². The Morgan fingerprint density at radius 3 is 2.18 bits per heavy atom. The van der Waals surface area contributed by atoms with Crippen LogP contribution < -0.4 is 0 Å². The van der Waals surface area contributed by atoms with E-state index in [0.717, 1.165) is 18.3 Å². The predicted molar refractivity (Wildman–Crippen MR) is 77.2 cm³/mol. The molecule has 0 fully saturated rings. The molecule has 0 aromatic heterocycles. The molecule has 0 rings (SSSR count). The minimum absolute atomic E-state index is 0.191. The van der Waals surface area contributed by atoms with Gasteiger partial charge in [0.2, 0.25) is 0 Å². The van der Waals surface area contributed by atoms with Gasteiger partial charge in [-0.1, -0.05) is 64.5 Å². The Kier molecular flexibility index (Phi) is 10.6. The maximum atomic E-state index is 8.76. The summed E-state index contributed by atoms with van der Waals surface area (Å²) in [5, 5.41) is 8.76. The van der Waals surface area contributed by atoms with Crippen LogP contribution in [0.3, 0.4) is 0 Å². The lowest BCUT2D eigenvalue weighted by Gasteiger charge is -2.11. The van der Waals surface area contributed by atoms with Gasteiger partial charge >= 0.3 is 0 Å². The summed E-state index contributed by atoms with van der Waals surface area (Å²) in [5.41, 5.74) is 1.33. The lowest BCUT2D eigenvalue weighted by atomic mass is 9.95. The molecule has 0 amide bonds. The monoisotopic (exact) mass is 240 g/mol. The van der Waals surface area contributed by atoms with Gasteiger partial charge in [0.15, 0.2) is 0 Å². The van der Waals surface area contributed by atoms with Gasteiger partial charge in [0.05, 0.1) is 6.61 Å². The maximum absolute atomic E-state index is 8.76. The van der Waals surface area contributed by atoms with E-state index in [9.17, 15) is 0 Å². The average molecular weight is 240 g/mol. The molecule has 0 radical (unpaired) electrons. The molecule has 0 aliphatic rings. The number of hydrogen-bond donors (Lipinski definition) is 1. The summed E-state index contributed by atoms with van der Waals surface area (Å²) in [6.45, 7) is 9.29. The first kappa shape index (κ1) is 16.7. The smallest absolute Gasteiger partial charge is 0.0614 e. The molecule has 0 aliphatic heterocycles. The number of allylic oxidation sites excluding steroid dienone is 1. The Bertz CT molecular complexity index is 194. The molecule has 1 N–H and O–H groups in total. The molecule has 0 aromatic carbocycles. The summed E-state index contributed by atoms with van der Waals surface area (Å²) in [6.07, 6.45) is 11.2. The lowest BCUT2D eigenvalue weighted by Crippen LogP contribution is -1.96. The van der Waals surface area contributed by atoms with Crippen LogP contribution in [0.1, 0.15) is 72.6 Å². The van der Waals surface area contributed by atoms with Gasteiger partial charge in [-0.05, 0) is 31.6 Å². The van der Waals surface area contributed by atoms with Crippen LogP contribution in [-0.4, -0.2) is 11.7 Å². The summed E-state index contributed by atoms with van der Waals surface area (Å²) < 4.78 is 0. The highest BCUT2D eigenvalue weighted by molar-refractivity contribution is 4.97. The first-order valence-corrected chi connectivity index (χ1v) is 7.32. The van der Waals surface area contributed by atoms with Gasteiger partial charge < -0.3 is 5.11 Å². The van der Waals surface area contributed by atoms with Crippen LogP contribution >= 0.6 is 0 Å². The molecule has 0 spiro atoms. The fourth-order valence-electron chi connectivity index (χ4n) is 2.18. The third-order valence-corrected chi connectivity index (χ3v) is 3.44. The summed E-state index contributed by atoms with van der Waals surface area (Å²) >= 11 is 0. The Morgan fingerprint density at radius 2 is 1.59 bits per heavy atom. The molecular weight excluding hydrogens is 208 g/mol. The SMILES string of the molecule is CC(=CCO)CCC[C@@H](C)CCCCC(C)C. The van der Waals surface area contributed by atoms with Gasteiger partial charge in [-0.3, -0.25) is 0 Å². The molecule has 0 heterocycles. The van der Waals surface area contributed by atoms with Crippen molar-refractivity contribution in [2.45, 2.75) is 72.6 Å². The van der Waals surface area contributed by atoms with E-state index < -0.39 is 0 Å². The second kappa shape index (κ2) is 10.8.